The van der Waals surface area contributed by atoms with E-state index in [4.69, 9.17) is 0 Å². The molecule has 4 heteroatoms. The normalized spacial score (nSPS) is 23.1. The molecule has 1 unspecified atom stereocenters. The Morgan fingerprint density at radius 2 is 1.57 bits per heavy atom. The molecule has 0 bridgehead atoms. The summed E-state index contributed by atoms with van der Waals surface area (Å²) in [5.41, 5.74) is -0.687. The van der Waals surface area contributed by atoms with Crippen LogP contribution in [-0.2, 0) is 5.21 Å². The van der Waals surface area contributed by atoms with E-state index in [-0.39, 0.29) is 17.2 Å². The molecule has 1 aliphatic rings. The van der Waals surface area contributed by atoms with Gasteiger partial charge in [-0.1, -0.05) is 45.4 Å². The summed E-state index contributed by atoms with van der Waals surface area (Å²) in [6.45, 7) is 10.9. The second-order valence-corrected chi connectivity index (χ2v) is 8.64. The molecule has 0 aromatic rings. The van der Waals surface area contributed by atoms with Gasteiger partial charge in [-0.3, -0.25) is 0 Å². The van der Waals surface area contributed by atoms with Gasteiger partial charge in [-0.15, -0.1) is 10.3 Å². The second-order valence-electron chi connectivity index (χ2n) is 8.64. The first-order chi connectivity index (χ1) is 10.7. The highest BCUT2D eigenvalue weighted by Crippen LogP contribution is 2.36. The van der Waals surface area contributed by atoms with Crippen molar-refractivity contribution in [1.29, 1.82) is 0 Å². The van der Waals surface area contributed by atoms with E-state index in [1.165, 1.54) is 37.2 Å². The lowest BCUT2D eigenvalue weighted by molar-refractivity contribution is -0.290. The van der Waals surface area contributed by atoms with Gasteiger partial charge in [-0.05, 0) is 47.0 Å². The van der Waals surface area contributed by atoms with Gasteiger partial charge < -0.3 is 10.4 Å². The SMILES string of the molecule is CCCCCCCCC(O)CNC1CC(C)(C)N([O])C(C)(C)C1. The van der Waals surface area contributed by atoms with E-state index >= 15 is 0 Å². The average Bonchev–Trinajstić information content (AvgIpc) is 2.45. The third kappa shape index (κ3) is 7.08. The molecule has 2 N–H and O–H groups in total. The Balaban J connectivity index is 2.24. The summed E-state index contributed by atoms with van der Waals surface area (Å²) in [6.07, 6.45) is 9.85. The fourth-order valence-electron chi connectivity index (χ4n) is 3.97. The molecule has 1 heterocycles. The third-order valence-electron chi connectivity index (χ3n) is 5.12. The molecule has 1 aliphatic heterocycles. The first kappa shape index (κ1) is 20.9. The van der Waals surface area contributed by atoms with Crippen molar-refractivity contribution in [2.75, 3.05) is 6.54 Å². The predicted octanol–water partition coefficient (Wildman–Crippen LogP) is 4.05. The molecule has 137 valence electrons. The number of hydroxylamine groups is 2. The lowest BCUT2D eigenvalue weighted by Crippen LogP contribution is -2.62. The van der Waals surface area contributed by atoms with Crippen molar-refractivity contribution in [1.82, 2.24) is 10.4 Å². The number of hydrogen-bond acceptors (Lipinski definition) is 3. The van der Waals surface area contributed by atoms with Crippen LogP contribution in [0.4, 0.5) is 0 Å². The lowest BCUT2D eigenvalue weighted by Gasteiger charge is -2.50. The van der Waals surface area contributed by atoms with Crippen molar-refractivity contribution < 1.29 is 10.3 Å². The maximum absolute atomic E-state index is 12.3. The summed E-state index contributed by atoms with van der Waals surface area (Å²) in [7, 11) is 0. The van der Waals surface area contributed by atoms with Gasteiger partial charge in [0.2, 0.25) is 0 Å². The van der Waals surface area contributed by atoms with E-state index in [9.17, 15) is 10.3 Å². The first-order valence-corrected chi connectivity index (χ1v) is 9.58. The fraction of sp³-hybridized carbons (Fsp3) is 1.00. The zero-order valence-corrected chi connectivity index (χ0v) is 16.0. The van der Waals surface area contributed by atoms with Gasteiger partial charge in [0.1, 0.15) is 0 Å². The Labute approximate surface area is 143 Å². The summed E-state index contributed by atoms with van der Waals surface area (Å²) in [5, 5.41) is 27.3. The van der Waals surface area contributed by atoms with Crippen LogP contribution in [0.3, 0.4) is 0 Å². The molecule has 0 aromatic heterocycles. The van der Waals surface area contributed by atoms with Crippen LogP contribution < -0.4 is 5.32 Å². The lowest BCUT2D eigenvalue weighted by atomic mass is 9.79. The van der Waals surface area contributed by atoms with E-state index in [2.05, 4.69) is 12.2 Å². The van der Waals surface area contributed by atoms with E-state index in [0.717, 1.165) is 25.7 Å². The molecule has 1 fully saturated rings. The smallest absolute Gasteiger partial charge is 0.0664 e. The van der Waals surface area contributed by atoms with Gasteiger partial charge in [-0.25, -0.2) is 0 Å². The molecule has 1 atom stereocenters. The Bertz CT molecular complexity index is 313. The van der Waals surface area contributed by atoms with Crippen molar-refractivity contribution in [2.45, 2.75) is 116 Å². The fourth-order valence-corrected chi connectivity index (χ4v) is 3.97. The number of aliphatic hydroxyl groups excluding tert-OH is 1. The number of unbranched alkanes of at least 4 members (excludes halogenated alkanes) is 5. The number of nitrogens with zero attached hydrogens (tertiary/aromatic N) is 1. The summed E-state index contributed by atoms with van der Waals surface area (Å²) in [5.74, 6) is 0. The first-order valence-electron chi connectivity index (χ1n) is 9.58. The van der Waals surface area contributed by atoms with Crippen molar-refractivity contribution in [3.63, 3.8) is 0 Å². The quantitative estimate of drug-likeness (QED) is 0.595. The largest absolute Gasteiger partial charge is 0.392 e. The highest BCUT2D eigenvalue weighted by molar-refractivity contribution is 4.98. The van der Waals surface area contributed by atoms with E-state index in [0.29, 0.717) is 12.6 Å². The molecule has 0 aromatic carbocycles. The van der Waals surface area contributed by atoms with Crippen LogP contribution in [0, 0.1) is 0 Å². The van der Waals surface area contributed by atoms with Gasteiger partial charge >= 0.3 is 0 Å². The predicted molar refractivity (Wildman–Crippen MR) is 95.7 cm³/mol. The van der Waals surface area contributed by atoms with Crippen molar-refractivity contribution in [3.05, 3.63) is 0 Å². The molecular weight excluding hydrogens is 288 g/mol. The van der Waals surface area contributed by atoms with Crippen LogP contribution in [0.15, 0.2) is 0 Å². The minimum absolute atomic E-state index is 0.266. The Hall–Kier alpha value is -0.160. The van der Waals surface area contributed by atoms with Crippen LogP contribution in [0.2, 0.25) is 0 Å². The number of piperidine rings is 1. The number of rotatable bonds is 10. The molecule has 0 aliphatic carbocycles. The molecule has 1 saturated heterocycles. The standard InChI is InChI=1S/C19H39N2O2/c1-6-7-8-9-10-11-12-17(22)15-20-16-13-18(2,3)21(23)19(4,5)14-16/h16-17,20,22H,6-15H2,1-5H3. The summed E-state index contributed by atoms with van der Waals surface area (Å²) < 4.78 is 0. The van der Waals surface area contributed by atoms with Gasteiger partial charge in [-0.2, -0.15) is 0 Å². The van der Waals surface area contributed by atoms with Crippen molar-refractivity contribution in [2.24, 2.45) is 0 Å². The molecule has 0 amide bonds. The maximum Gasteiger partial charge on any atom is 0.0664 e. The summed E-state index contributed by atoms with van der Waals surface area (Å²) in [4.78, 5) is 0. The minimum atomic E-state index is -0.344. The molecule has 23 heavy (non-hydrogen) atoms. The van der Waals surface area contributed by atoms with Gasteiger partial charge in [0.15, 0.2) is 0 Å². The summed E-state index contributed by atoms with van der Waals surface area (Å²) >= 11 is 0. The highest BCUT2D eigenvalue weighted by Gasteiger charge is 2.45. The highest BCUT2D eigenvalue weighted by atomic mass is 16.5. The van der Waals surface area contributed by atoms with Crippen LogP contribution in [-0.4, -0.2) is 39.9 Å². The molecule has 1 rings (SSSR count). The Morgan fingerprint density at radius 1 is 1.04 bits per heavy atom. The molecule has 1 radical (unpaired) electrons. The Kier molecular flexibility index (Phi) is 8.50. The average molecular weight is 328 g/mol. The molecule has 0 spiro atoms. The van der Waals surface area contributed by atoms with E-state index < -0.39 is 0 Å². The number of nitrogens with one attached hydrogen (secondary N) is 1. The minimum Gasteiger partial charge on any atom is -0.392 e. The van der Waals surface area contributed by atoms with Crippen molar-refractivity contribution in [3.8, 4) is 0 Å². The summed E-state index contributed by atoms with van der Waals surface area (Å²) in [6, 6.07) is 0.310. The number of hydrogen-bond donors (Lipinski definition) is 2. The van der Waals surface area contributed by atoms with Crippen LogP contribution in [0.25, 0.3) is 0 Å². The molecule has 4 nitrogen and oxygen atoms in total. The van der Waals surface area contributed by atoms with E-state index in [1.807, 2.05) is 27.7 Å². The van der Waals surface area contributed by atoms with E-state index in [1.54, 1.807) is 0 Å². The molecule has 0 saturated carbocycles. The monoisotopic (exact) mass is 327 g/mol. The van der Waals surface area contributed by atoms with Gasteiger partial charge in [0.05, 0.1) is 6.10 Å². The van der Waals surface area contributed by atoms with Crippen LogP contribution in [0.5, 0.6) is 0 Å². The van der Waals surface area contributed by atoms with Crippen molar-refractivity contribution >= 4 is 0 Å². The third-order valence-corrected chi connectivity index (χ3v) is 5.12. The van der Waals surface area contributed by atoms with Gasteiger partial charge in [0.25, 0.3) is 0 Å². The zero-order chi connectivity index (χ0) is 17.5. The second kappa shape index (κ2) is 9.36. The van der Waals surface area contributed by atoms with Gasteiger partial charge in [0, 0.05) is 23.7 Å². The Morgan fingerprint density at radius 3 is 2.13 bits per heavy atom. The number of aliphatic hydroxyl groups is 1. The van der Waals surface area contributed by atoms with Crippen LogP contribution in [0.1, 0.15) is 92.4 Å². The zero-order valence-electron chi connectivity index (χ0n) is 16.0. The topological polar surface area (TPSA) is 55.4 Å². The van der Waals surface area contributed by atoms with Crippen LogP contribution >= 0.6 is 0 Å². The molecular formula is C19H39N2O2. The maximum atomic E-state index is 12.3.